The molecule has 0 aliphatic carbocycles. The molecule has 2 aromatic carbocycles. The summed E-state index contributed by atoms with van der Waals surface area (Å²) in [6.45, 7) is 5.07. The van der Waals surface area contributed by atoms with Crippen LogP contribution in [0.4, 0.5) is 0 Å². The average molecular weight is 408 g/mol. The van der Waals surface area contributed by atoms with Crippen LogP contribution in [0.5, 0.6) is 0 Å². The number of aryl methyl sites for hydroxylation is 1. The lowest BCUT2D eigenvalue weighted by molar-refractivity contribution is 0.777. The van der Waals surface area contributed by atoms with Gasteiger partial charge >= 0.3 is 0 Å². The van der Waals surface area contributed by atoms with E-state index in [1.165, 1.54) is 27.7 Å². The highest BCUT2D eigenvalue weighted by Gasteiger charge is 2.19. The minimum Gasteiger partial charge on any atom is -0.339 e. The molecule has 2 heterocycles. The molecule has 4 rings (SSSR count). The maximum atomic E-state index is 6.47. The first-order chi connectivity index (χ1) is 13.6. The zero-order chi connectivity index (χ0) is 19.7. The van der Waals surface area contributed by atoms with Gasteiger partial charge in [-0.05, 0) is 42.9 Å². The first-order valence-corrected chi connectivity index (χ1v) is 10.9. The zero-order valence-electron chi connectivity index (χ0n) is 16.2. The predicted molar refractivity (Wildman–Crippen MR) is 119 cm³/mol. The van der Waals surface area contributed by atoms with E-state index in [4.69, 9.17) is 11.6 Å². The summed E-state index contributed by atoms with van der Waals surface area (Å²) in [6, 6.07) is 14.7. The molecule has 0 saturated carbocycles. The van der Waals surface area contributed by atoms with E-state index in [0.29, 0.717) is 0 Å². The average Bonchev–Trinajstić information content (AvgIpc) is 3.02. The van der Waals surface area contributed by atoms with Crippen molar-refractivity contribution in [3.63, 3.8) is 0 Å². The van der Waals surface area contributed by atoms with Crippen LogP contribution in [0.25, 0.3) is 22.0 Å². The van der Waals surface area contributed by atoms with Crippen LogP contribution in [0, 0.1) is 6.92 Å². The van der Waals surface area contributed by atoms with Gasteiger partial charge in [0, 0.05) is 51.7 Å². The fourth-order valence-electron chi connectivity index (χ4n) is 3.73. The van der Waals surface area contributed by atoms with Crippen LogP contribution in [0.3, 0.4) is 0 Å². The van der Waals surface area contributed by atoms with Crippen LogP contribution < -0.4 is 0 Å². The number of thioether (sulfide) groups is 1. The summed E-state index contributed by atoms with van der Waals surface area (Å²) in [5, 5.41) is 2.82. The first kappa shape index (κ1) is 19.0. The third kappa shape index (κ3) is 3.43. The highest BCUT2D eigenvalue weighted by molar-refractivity contribution is 7.98. The second-order valence-electron chi connectivity index (χ2n) is 6.83. The predicted octanol–water partition coefficient (Wildman–Crippen LogP) is 6.39. The van der Waals surface area contributed by atoms with E-state index in [1.54, 1.807) is 11.8 Å². The van der Waals surface area contributed by atoms with Gasteiger partial charge in [0.1, 0.15) is 0 Å². The SMILES string of the molecule is CCc1c(-c2cnc(SC)nc2)c2ccc(C)cc2n1Cc1ccccc1Cl. The van der Waals surface area contributed by atoms with E-state index in [-0.39, 0.29) is 0 Å². The van der Waals surface area contributed by atoms with Crippen molar-refractivity contribution < 1.29 is 0 Å². The number of aromatic nitrogens is 3. The number of nitrogens with zero attached hydrogens (tertiary/aromatic N) is 3. The smallest absolute Gasteiger partial charge is 0.187 e. The number of fused-ring (bicyclic) bond motifs is 1. The zero-order valence-corrected chi connectivity index (χ0v) is 17.8. The third-order valence-corrected chi connectivity index (χ3v) is 5.99. The number of benzene rings is 2. The van der Waals surface area contributed by atoms with Crippen LogP contribution in [-0.4, -0.2) is 20.8 Å². The molecule has 0 saturated heterocycles. The summed E-state index contributed by atoms with van der Waals surface area (Å²) >= 11 is 8.03. The van der Waals surface area contributed by atoms with Crippen molar-refractivity contribution in [3.05, 3.63) is 76.7 Å². The van der Waals surface area contributed by atoms with Crippen LogP contribution >= 0.6 is 23.4 Å². The minimum absolute atomic E-state index is 0.743. The van der Waals surface area contributed by atoms with Crippen molar-refractivity contribution in [2.24, 2.45) is 0 Å². The minimum atomic E-state index is 0.743. The number of rotatable bonds is 5. The Hall–Kier alpha value is -2.30. The molecule has 3 nitrogen and oxygen atoms in total. The van der Waals surface area contributed by atoms with Crippen molar-refractivity contribution >= 4 is 34.3 Å². The van der Waals surface area contributed by atoms with Crippen LogP contribution in [0.2, 0.25) is 5.02 Å². The van der Waals surface area contributed by atoms with Crippen molar-refractivity contribution in [2.45, 2.75) is 32.0 Å². The monoisotopic (exact) mass is 407 g/mol. The molecule has 0 aliphatic heterocycles. The molecule has 0 bridgehead atoms. The standard InChI is InChI=1S/C23H22ClN3S/c1-4-20-22(17-12-25-23(28-3)26-13-17)18-10-9-15(2)11-21(18)27(20)14-16-7-5-6-8-19(16)24/h5-13H,4,14H2,1-3H3. The molecule has 0 aliphatic rings. The van der Waals surface area contributed by atoms with E-state index >= 15 is 0 Å². The Kier molecular flexibility index (Phi) is 5.42. The molecular formula is C23H22ClN3S. The lowest BCUT2D eigenvalue weighted by atomic mass is 10.0. The third-order valence-electron chi connectivity index (χ3n) is 5.05. The fourth-order valence-corrected chi connectivity index (χ4v) is 4.24. The van der Waals surface area contributed by atoms with Gasteiger partial charge in [-0.25, -0.2) is 9.97 Å². The largest absolute Gasteiger partial charge is 0.339 e. The van der Waals surface area contributed by atoms with Crippen LogP contribution in [-0.2, 0) is 13.0 Å². The first-order valence-electron chi connectivity index (χ1n) is 9.34. The molecule has 0 radical (unpaired) electrons. The number of hydrogen-bond acceptors (Lipinski definition) is 3. The summed E-state index contributed by atoms with van der Waals surface area (Å²) in [5.74, 6) is 0. The van der Waals surface area contributed by atoms with Gasteiger partial charge in [-0.2, -0.15) is 0 Å². The maximum Gasteiger partial charge on any atom is 0.187 e. The molecule has 5 heteroatoms. The lowest BCUT2D eigenvalue weighted by Crippen LogP contribution is -2.05. The Balaban J connectivity index is 1.96. The molecular weight excluding hydrogens is 386 g/mol. The Morgan fingerprint density at radius 2 is 1.82 bits per heavy atom. The van der Waals surface area contributed by atoms with E-state index in [2.05, 4.69) is 52.6 Å². The van der Waals surface area contributed by atoms with Crippen LogP contribution in [0.1, 0.15) is 23.7 Å². The summed E-state index contributed by atoms with van der Waals surface area (Å²) in [5.41, 5.74) is 7.15. The summed E-state index contributed by atoms with van der Waals surface area (Å²) in [4.78, 5) is 9.00. The summed E-state index contributed by atoms with van der Waals surface area (Å²) in [6.07, 6.45) is 6.78. The number of halogens is 1. The topological polar surface area (TPSA) is 30.7 Å². The van der Waals surface area contributed by atoms with E-state index in [9.17, 15) is 0 Å². The molecule has 2 aromatic heterocycles. The molecule has 0 spiro atoms. The highest BCUT2D eigenvalue weighted by atomic mass is 35.5. The quantitative estimate of drug-likeness (QED) is 0.283. The van der Waals surface area contributed by atoms with E-state index in [0.717, 1.165) is 34.3 Å². The molecule has 0 amide bonds. The Labute approximate surface area is 174 Å². The Bertz CT molecular complexity index is 1130. The normalized spacial score (nSPS) is 11.3. The molecule has 142 valence electrons. The van der Waals surface area contributed by atoms with E-state index in [1.807, 2.05) is 36.8 Å². The molecule has 28 heavy (non-hydrogen) atoms. The highest BCUT2D eigenvalue weighted by Crippen LogP contribution is 2.36. The fraction of sp³-hybridized carbons (Fsp3) is 0.217. The van der Waals surface area contributed by atoms with Crippen molar-refractivity contribution in [1.82, 2.24) is 14.5 Å². The molecule has 0 fully saturated rings. The van der Waals surface area contributed by atoms with E-state index < -0.39 is 0 Å². The summed E-state index contributed by atoms with van der Waals surface area (Å²) < 4.78 is 2.39. The van der Waals surface area contributed by atoms with Gasteiger partial charge < -0.3 is 4.57 Å². The van der Waals surface area contributed by atoms with Crippen LogP contribution in [0.15, 0.2) is 60.0 Å². The van der Waals surface area contributed by atoms with Crippen molar-refractivity contribution in [1.29, 1.82) is 0 Å². The van der Waals surface area contributed by atoms with Crippen molar-refractivity contribution in [3.8, 4) is 11.1 Å². The second kappa shape index (κ2) is 7.98. The van der Waals surface area contributed by atoms with Gasteiger partial charge in [0.2, 0.25) is 0 Å². The van der Waals surface area contributed by atoms with Gasteiger partial charge in [-0.1, -0.05) is 60.6 Å². The van der Waals surface area contributed by atoms with Crippen molar-refractivity contribution in [2.75, 3.05) is 6.26 Å². The van der Waals surface area contributed by atoms with Gasteiger partial charge in [0.25, 0.3) is 0 Å². The van der Waals surface area contributed by atoms with Gasteiger partial charge in [-0.15, -0.1) is 0 Å². The molecule has 0 N–H and O–H groups in total. The Morgan fingerprint density at radius 1 is 1.07 bits per heavy atom. The second-order valence-corrected chi connectivity index (χ2v) is 8.01. The van der Waals surface area contributed by atoms with Gasteiger partial charge in [0.15, 0.2) is 5.16 Å². The summed E-state index contributed by atoms with van der Waals surface area (Å²) in [7, 11) is 0. The molecule has 0 atom stereocenters. The van der Waals surface area contributed by atoms with Gasteiger partial charge in [-0.3, -0.25) is 0 Å². The molecule has 4 aromatic rings. The Morgan fingerprint density at radius 3 is 2.50 bits per heavy atom. The molecule has 0 unspecified atom stereocenters. The number of hydrogen-bond donors (Lipinski definition) is 0. The maximum absolute atomic E-state index is 6.47. The lowest BCUT2D eigenvalue weighted by Gasteiger charge is -2.12. The van der Waals surface area contributed by atoms with Gasteiger partial charge in [0.05, 0.1) is 0 Å².